The summed E-state index contributed by atoms with van der Waals surface area (Å²) in [4.78, 5) is 0. The minimum Gasteiger partial charge on any atom is -0.388 e. The fraction of sp³-hybridized carbons (Fsp3) is 1.00. The maximum atomic E-state index is 10.2. The Bertz CT molecular complexity index is 263. The van der Waals surface area contributed by atoms with Crippen LogP contribution in [0.1, 0.15) is 39.0 Å². The van der Waals surface area contributed by atoms with Gasteiger partial charge in [0.05, 0.1) is 24.3 Å². The molecule has 2 aliphatic rings. The van der Waals surface area contributed by atoms with E-state index in [-0.39, 0.29) is 30.4 Å². The molecule has 0 amide bonds. The van der Waals surface area contributed by atoms with E-state index in [4.69, 9.17) is 14.2 Å². The predicted molar refractivity (Wildman–Crippen MR) is 71.4 cm³/mol. The zero-order chi connectivity index (χ0) is 13.1. The Morgan fingerprint density at radius 1 is 1.28 bits per heavy atom. The fourth-order valence-corrected chi connectivity index (χ4v) is 3.14. The third-order valence-corrected chi connectivity index (χ3v) is 4.25. The van der Waals surface area contributed by atoms with Gasteiger partial charge in [-0.25, -0.2) is 0 Å². The molecule has 18 heavy (non-hydrogen) atoms. The number of rotatable bonds is 4. The average Bonchev–Trinajstić information content (AvgIpc) is 2.66. The molecule has 6 atom stereocenters. The van der Waals surface area contributed by atoms with Crippen LogP contribution >= 0.6 is 0 Å². The van der Waals surface area contributed by atoms with E-state index < -0.39 is 6.10 Å². The second-order valence-corrected chi connectivity index (χ2v) is 5.48. The third kappa shape index (κ3) is 2.90. The van der Waals surface area contributed by atoms with Crippen LogP contribution in [0.2, 0.25) is 0 Å². The molecule has 4 nitrogen and oxygen atoms in total. The normalized spacial score (nSPS) is 45.3. The predicted octanol–water partition coefficient (Wildman–Crippen LogP) is 0.458. The molecule has 5 heteroatoms. The van der Waals surface area contributed by atoms with Crippen molar-refractivity contribution in [2.45, 2.75) is 75.6 Å². The van der Waals surface area contributed by atoms with E-state index in [2.05, 4.69) is 0 Å². The number of methoxy groups -OCH3 is 1. The maximum Gasteiger partial charge on any atom is 0.142 e. The van der Waals surface area contributed by atoms with E-state index in [1.807, 2.05) is 14.8 Å². The van der Waals surface area contributed by atoms with E-state index in [0.717, 1.165) is 19.3 Å². The lowest BCUT2D eigenvalue weighted by molar-refractivity contribution is -0.130. The van der Waals surface area contributed by atoms with Crippen LogP contribution in [-0.2, 0) is 14.2 Å². The van der Waals surface area contributed by atoms with Gasteiger partial charge in [0.1, 0.15) is 20.1 Å². The van der Waals surface area contributed by atoms with Crippen LogP contribution in [0.5, 0.6) is 0 Å². The van der Waals surface area contributed by atoms with E-state index in [1.54, 1.807) is 7.11 Å². The number of aliphatic hydroxyl groups excluding tert-OH is 1. The minimum atomic E-state index is -0.510. The Hall–Kier alpha value is -0.0951. The highest BCUT2D eigenvalue weighted by atomic mass is 16.6. The molecule has 1 heterocycles. The lowest BCUT2D eigenvalue weighted by Gasteiger charge is -2.34. The first-order valence-corrected chi connectivity index (χ1v) is 7.19. The second kappa shape index (κ2) is 6.37. The summed E-state index contributed by atoms with van der Waals surface area (Å²) >= 11 is 0. The first kappa shape index (κ1) is 14.3. The van der Waals surface area contributed by atoms with Gasteiger partial charge in [0.25, 0.3) is 0 Å². The highest BCUT2D eigenvalue weighted by Gasteiger charge is 2.43. The quantitative estimate of drug-likeness (QED) is 0.742. The standard InChI is InChI=1S/C13H25BO4/c1-3-8-11(15)12(13(14)18-8)17-10-7-5-4-6-9(10)16-2/h8-13,15H,3-7,14H2,1-2H3/t8-,9-,10-,11+,12?,13-/m1/s1. The van der Waals surface area contributed by atoms with E-state index in [0.29, 0.717) is 0 Å². The molecule has 104 valence electrons. The van der Waals surface area contributed by atoms with Gasteiger partial charge >= 0.3 is 0 Å². The highest BCUT2D eigenvalue weighted by molar-refractivity contribution is 6.11. The zero-order valence-corrected chi connectivity index (χ0v) is 11.7. The van der Waals surface area contributed by atoms with Crippen molar-refractivity contribution in [3.63, 3.8) is 0 Å². The second-order valence-electron chi connectivity index (χ2n) is 5.48. The largest absolute Gasteiger partial charge is 0.388 e. The first-order chi connectivity index (χ1) is 8.67. The van der Waals surface area contributed by atoms with E-state index in [1.165, 1.54) is 12.8 Å². The molecule has 0 aromatic carbocycles. The van der Waals surface area contributed by atoms with Crippen LogP contribution in [0.15, 0.2) is 0 Å². The van der Waals surface area contributed by atoms with Gasteiger partial charge in [-0.15, -0.1) is 0 Å². The summed E-state index contributed by atoms with van der Waals surface area (Å²) in [5.74, 6) is 0. The third-order valence-electron chi connectivity index (χ3n) is 4.25. The molecule has 1 unspecified atom stereocenters. The molecule has 0 radical (unpaired) electrons. The van der Waals surface area contributed by atoms with E-state index in [9.17, 15) is 5.11 Å². The maximum absolute atomic E-state index is 10.2. The van der Waals surface area contributed by atoms with Gasteiger partial charge in [-0.05, 0) is 19.3 Å². The van der Waals surface area contributed by atoms with Crippen molar-refractivity contribution in [3.05, 3.63) is 0 Å². The summed E-state index contributed by atoms with van der Waals surface area (Å²) < 4.78 is 17.3. The van der Waals surface area contributed by atoms with Crippen molar-refractivity contribution < 1.29 is 19.3 Å². The van der Waals surface area contributed by atoms with Gasteiger partial charge in [0, 0.05) is 7.11 Å². The fourth-order valence-electron chi connectivity index (χ4n) is 3.14. The molecule has 1 saturated carbocycles. The molecule has 0 aromatic heterocycles. The number of hydrogen-bond donors (Lipinski definition) is 1. The zero-order valence-electron chi connectivity index (χ0n) is 11.7. The Morgan fingerprint density at radius 3 is 2.50 bits per heavy atom. The molecule has 2 fully saturated rings. The number of aliphatic hydroxyl groups is 1. The lowest BCUT2D eigenvalue weighted by Crippen LogP contribution is -2.43. The summed E-state index contributed by atoms with van der Waals surface area (Å²) in [5.41, 5.74) is 0. The van der Waals surface area contributed by atoms with Crippen molar-refractivity contribution in [2.24, 2.45) is 0 Å². The van der Waals surface area contributed by atoms with Crippen LogP contribution < -0.4 is 0 Å². The molecule has 2 rings (SSSR count). The minimum absolute atomic E-state index is 0.0376. The van der Waals surface area contributed by atoms with Gasteiger partial charge < -0.3 is 19.3 Å². The Morgan fingerprint density at radius 2 is 1.94 bits per heavy atom. The SMILES string of the molecule is B[C@@H]1O[C@H](CC)[C@H](O)C1O[C@@H]1CCCC[C@H]1OC. The van der Waals surface area contributed by atoms with Gasteiger partial charge in [0.15, 0.2) is 0 Å². The van der Waals surface area contributed by atoms with Crippen LogP contribution in [0, 0.1) is 0 Å². The van der Waals surface area contributed by atoms with Crippen LogP contribution in [0.3, 0.4) is 0 Å². The topological polar surface area (TPSA) is 47.9 Å². The summed E-state index contributed by atoms with van der Waals surface area (Å²) in [6.07, 6.45) is 4.74. The molecule has 0 bridgehead atoms. The van der Waals surface area contributed by atoms with Gasteiger partial charge in [-0.3, -0.25) is 0 Å². The molecule has 1 saturated heterocycles. The number of hydrogen-bond acceptors (Lipinski definition) is 4. The summed E-state index contributed by atoms with van der Waals surface area (Å²) in [7, 11) is 3.72. The summed E-state index contributed by atoms with van der Waals surface area (Å²) in [5, 5.41) is 10.2. The monoisotopic (exact) mass is 256 g/mol. The van der Waals surface area contributed by atoms with Gasteiger partial charge in [0.2, 0.25) is 0 Å². The molecule has 1 N–H and O–H groups in total. The molecule has 1 aliphatic heterocycles. The Kier molecular flexibility index (Phi) is 5.07. The molecular formula is C13H25BO4. The van der Waals surface area contributed by atoms with Crippen molar-refractivity contribution >= 4 is 7.85 Å². The number of ether oxygens (including phenoxy) is 3. The summed E-state index contributed by atoms with van der Waals surface area (Å²) in [6, 6.07) is -0.0376. The Labute approximate surface area is 110 Å². The Balaban J connectivity index is 1.95. The lowest BCUT2D eigenvalue weighted by atomic mass is 9.90. The smallest absolute Gasteiger partial charge is 0.142 e. The van der Waals surface area contributed by atoms with Crippen LogP contribution in [0.25, 0.3) is 0 Å². The van der Waals surface area contributed by atoms with E-state index >= 15 is 0 Å². The summed E-state index contributed by atoms with van der Waals surface area (Å²) in [6.45, 7) is 2.03. The molecule has 0 spiro atoms. The van der Waals surface area contributed by atoms with Crippen molar-refractivity contribution in [3.8, 4) is 0 Å². The van der Waals surface area contributed by atoms with Crippen molar-refractivity contribution in [2.75, 3.05) is 7.11 Å². The highest BCUT2D eigenvalue weighted by Crippen LogP contribution is 2.30. The van der Waals surface area contributed by atoms with Gasteiger partial charge in [-0.1, -0.05) is 19.8 Å². The molecule has 0 aromatic rings. The molecule has 1 aliphatic carbocycles. The van der Waals surface area contributed by atoms with Crippen LogP contribution in [-0.4, -0.2) is 56.6 Å². The average molecular weight is 256 g/mol. The van der Waals surface area contributed by atoms with Crippen molar-refractivity contribution in [1.29, 1.82) is 0 Å². The van der Waals surface area contributed by atoms with Crippen LogP contribution in [0.4, 0.5) is 0 Å². The van der Waals surface area contributed by atoms with Gasteiger partial charge in [-0.2, -0.15) is 0 Å². The molecular weight excluding hydrogens is 231 g/mol. The first-order valence-electron chi connectivity index (χ1n) is 7.19. The van der Waals surface area contributed by atoms with Crippen molar-refractivity contribution in [1.82, 2.24) is 0 Å².